The van der Waals surface area contributed by atoms with Crippen LogP contribution in [-0.2, 0) is 28.5 Å². The van der Waals surface area contributed by atoms with Gasteiger partial charge in [0.15, 0.2) is 12.4 Å². The van der Waals surface area contributed by atoms with Crippen LogP contribution in [0.25, 0.3) is 0 Å². The van der Waals surface area contributed by atoms with E-state index in [0.29, 0.717) is 12.8 Å². The molecule has 10 heteroatoms. The molecule has 1 heterocycles. The molecule has 0 aliphatic carbocycles. The van der Waals surface area contributed by atoms with E-state index < -0.39 is 55.4 Å². The lowest BCUT2D eigenvalue weighted by atomic mass is 9.99. The van der Waals surface area contributed by atoms with E-state index in [4.69, 9.17) is 18.9 Å². The van der Waals surface area contributed by atoms with E-state index in [1.54, 1.807) is 0 Å². The molecule has 1 fully saturated rings. The van der Waals surface area contributed by atoms with Crippen molar-refractivity contribution in [1.29, 1.82) is 0 Å². The predicted molar refractivity (Wildman–Crippen MR) is 192 cm³/mol. The third kappa shape index (κ3) is 22.9. The van der Waals surface area contributed by atoms with Crippen molar-refractivity contribution in [2.75, 3.05) is 19.8 Å². The van der Waals surface area contributed by atoms with Crippen LogP contribution in [0.1, 0.15) is 129 Å². The van der Waals surface area contributed by atoms with Crippen LogP contribution in [0, 0.1) is 0 Å². The summed E-state index contributed by atoms with van der Waals surface area (Å²) < 4.78 is 21.9. The fourth-order valence-corrected chi connectivity index (χ4v) is 5.18. The molecule has 10 nitrogen and oxygen atoms in total. The molecule has 0 aromatic rings. The Hall–Kier alpha value is -2.34. The highest BCUT2D eigenvalue weighted by molar-refractivity contribution is 5.70. The quantitative estimate of drug-likeness (QED) is 0.0386. The Morgan fingerprint density at radius 3 is 1.78 bits per heavy atom. The lowest BCUT2D eigenvalue weighted by Crippen LogP contribution is -2.59. The highest BCUT2D eigenvalue weighted by Crippen LogP contribution is 2.22. The van der Waals surface area contributed by atoms with Gasteiger partial charge >= 0.3 is 11.9 Å². The van der Waals surface area contributed by atoms with Gasteiger partial charge in [0.2, 0.25) is 0 Å². The number of rotatable bonds is 29. The van der Waals surface area contributed by atoms with Gasteiger partial charge in [-0.1, -0.05) is 114 Å². The molecule has 0 amide bonds. The minimum absolute atomic E-state index is 0.199. The Morgan fingerprint density at radius 2 is 1.16 bits per heavy atom. The Kier molecular flexibility index (Phi) is 27.8. The zero-order chi connectivity index (χ0) is 36.0. The summed E-state index contributed by atoms with van der Waals surface area (Å²) in [6.07, 6.45) is 25.8. The zero-order valence-electron chi connectivity index (χ0n) is 30.2. The van der Waals surface area contributed by atoms with Crippen molar-refractivity contribution in [3.8, 4) is 0 Å². The maximum absolute atomic E-state index is 12.6. The molecule has 1 aliphatic rings. The van der Waals surface area contributed by atoms with Crippen molar-refractivity contribution in [2.45, 2.75) is 166 Å². The molecule has 0 bridgehead atoms. The maximum Gasteiger partial charge on any atom is 0.306 e. The fourth-order valence-electron chi connectivity index (χ4n) is 5.18. The lowest BCUT2D eigenvalue weighted by molar-refractivity contribution is -0.305. The third-order valence-corrected chi connectivity index (χ3v) is 8.22. The van der Waals surface area contributed by atoms with Crippen LogP contribution in [0.5, 0.6) is 0 Å². The smallest absolute Gasteiger partial charge is 0.306 e. The Balaban J connectivity index is 2.41. The van der Waals surface area contributed by atoms with Crippen LogP contribution >= 0.6 is 0 Å². The summed E-state index contributed by atoms with van der Waals surface area (Å²) in [6.45, 7) is 3.25. The first-order chi connectivity index (χ1) is 23.8. The van der Waals surface area contributed by atoms with Gasteiger partial charge in [-0.2, -0.15) is 0 Å². The topological polar surface area (TPSA) is 152 Å². The number of ether oxygens (including phenoxy) is 4. The summed E-state index contributed by atoms with van der Waals surface area (Å²) in [5.41, 5.74) is 0. The standard InChI is InChI=1S/C39H66O10/c1-3-5-7-9-11-12-13-14-15-16-17-18-19-20-22-23-25-27-34(41)46-30-32(48-35(42)28-26-24-21-10-8-6-4-2)31-47-39-38(45)37(44)36(43)33(29-40)49-39/h11-12,14-15,17-18,20,22,32-33,36-40,43-45H,3-10,13,16,19,21,23-31H2,1-2H3/b12-11+,15-14+,18-17+,22-20+/t32-,33-,36+,37?,38?,39-/m0/s1. The second-order valence-corrected chi connectivity index (χ2v) is 12.7. The van der Waals surface area contributed by atoms with Gasteiger partial charge in [-0.3, -0.25) is 9.59 Å². The first-order valence-corrected chi connectivity index (χ1v) is 18.7. The summed E-state index contributed by atoms with van der Waals surface area (Å²) in [6, 6.07) is 0. The fraction of sp³-hybridized carbons (Fsp3) is 0.744. The molecule has 4 N–H and O–H groups in total. The normalized spacial score (nSPS) is 22.1. The highest BCUT2D eigenvalue weighted by atomic mass is 16.7. The minimum Gasteiger partial charge on any atom is -0.462 e. The van der Waals surface area contributed by atoms with E-state index in [9.17, 15) is 30.0 Å². The maximum atomic E-state index is 12.6. The molecule has 0 saturated carbocycles. The van der Waals surface area contributed by atoms with Gasteiger partial charge in [-0.25, -0.2) is 0 Å². The van der Waals surface area contributed by atoms with E-state index in [1.807, 2.05) is 6.08 Å². The lowest BCUT2D eigenvalue weighted by Gasteiger charge is -2.39. The van der Waals surface area contributed by atoms with E-state index in [2.05, 4.69) is 56.4 Å². The molecule has 0 aromatic carbocycles. The van der Waals surface area contributed by atoms with Crippen molar-refractivity contribution in [2.24, 2.45) is 0 Å². The van der Waals surface area contributed by atoms with Gasteiger partial charge in [0, 0.05) is 12.8 Å². The Labute approximate surface area is 295 Å². The number of aliphatic hydroxyl groups is 4. The molecule has 0 aromatic heterocycles. The largest absolute Gasteiger partial charge is 0.462 e. The molecule has 0 radical (unpaired) electrons. The van der Waals surface area contributed by atoms with Gasteiger partial charge in [-0.05, 0) is 51.4 Å². The monoisotopic (exact) mass is 694 g/mol. The number of unbranched alkanes of at least 4 members (excludes halogenated alkanes) is 10. The third-order valence-electron chi connectivity index (χ3n) is 8.22. The number of hydrogen-bond donors (Lipinski definition) is 4. The van der Waals surface area contributed by atoms with Crippen LogP contribution in [-0.4, -0.2) is 89.0 Å². The second-order valence-electron chi connectivity index (χ2n) is 12.7. The molecule has 6 atom stereocenters. The van der Waals surface area contributed by atoms with E-state index >= 15 is 0 Å². The van der Waals surface area contributed by atoms with Crippen LogP contribution in [0.15, 0.2) is 48.6 Å². The van der Waals surface area contributed by atoms with Crippen molar-refractivity contribution in [3.05, 3.63) is 48.6 Å². The van der Waals surface area contributed by atoms with Crippen LogP contribution in [0.4, 0.5) is 0 Å². The summed E-state index contributed by atoms with van der Waals surface area (Å²) >= 11 is 0. The first kappa shape index (κ1) is 44.7. The van der Waals surface area contributed by atoms with E-state index in [0.717, 1.165) is 44.9 Å². The first-order valence-electron chi connectivity index (χ1n) is 18.7. The molecule has 0 spiro atoms. The minimum atomic E-state index is -1.60. The molecular formula is C39H66O10. The Morgan fingerprint density at radius 1 is 0.633 bits per heavy atom. The molecular weight excluding hydrogens is 628 g/mol. The van der Waals surface area contributed by atoms with Crippen molar-refractivity contribution < 1.29 is 49.0 Å². The number of esters is 2. The van der Waals surface area contributed by atoms with Gasteiger partial charge < -0.3 is 39.4 Å². The molecule has 2 unspecified atom stereocenters. The highest BCUT2D eigenvalue weighted by Gasteiger charge is 2.44. The number of carbonyl (C=O) groups excluding carboxylic acids is 2. The predicted octanol–water partition coefficient (Wildman–Crippen LogP) is 6.54. The zero-order valence-corrected chi connectivity index (χ0v) is 30.2. The van der Waals surface area contributed by atoms with Crippen molar-refractivity contribution >= 4 is 11.9 Å². The molecule has 1 rings (SSSR count). The van der Waals surface area contributed by atoms with Crippen molar-refractivity contribution in [1.82, 2.24) is 0 Å². The van der Waals surface area contributed by atoms with Crippen molar-refractivity contribution in [3.63, 3.8) is 0 Å². The Bertz CT molecular complexity index is 944. The summed E-state index contributed by atoms with van der Waals surface area (Å²) in [5.74, 6) is -0.885. The van der Waals surface area contributed by atoms with E-state index in [1.165, 1.54) is 44.9 Å². The average Bonchev–Trinajstić information content (AvgIpc) is 3.10. The number of aliphatic hydroxyl groups excluding tert-OH is 4. The summed E-state index contributed by atoms with van der Waals surface area (Å²) in [4.78, 5) is 25.0. The molecule has 1 aliphatic heterocycles. The molecule has 282 valence electrons. The SMILES string of the molecule is CCCCC/C=C/C/C=C/C/C=C/C/C=C/CCCC(=O)OC[C@@H](CO[C@H]1O[C@@H](CO)[C@@H](O)C(O)C1O)OC(=O)CCCCCCCCC. The van der Waals surface area contributed by atoms with E-state index in [-0.39, 0.29) is 26.1 Å². The second kappa shape index (κ2) is 30.5. The number of allylic oxidation sites excluding steroid dienone is 8. The van der Waals surface area contributed by atoms with Gasteiger partial charge in [0.05, 0.1) is 13.2 Å². The summed E-state index contributed by atoms with van der Waals surface area (Å²) in [7, 11) is 0. The summed E-state index contributed by atoms with van der Waals surface area (Å²) in [5, 5.41) is 39.8. The number of carbonyl (C=O) groups is 2. The average molecular weight is 695 g/mol. The number of hydrogen-bond acceptors (Lipinski definition) is 10. The van der Waals surface area contributed by atoms with Gasteiger partial charge in [0.25, 0.3) is 0 Å². The van der Waals surface area contributed by atoms with Gasteiger partial charge in [-0.15, -0.1) is 0 Å². The van der Waals surface area contributed by atoms with Crippen LogP contribution in [0.2, 0.25) is 0 Å². The molecule has 1 saturated heterocycles. The molecule has 49 heavy (non-hydrogen) atoms. The van der Waals surface area contributed by atoms with Crippen LogP contribution < -0.4 is 0 Å². The van der Waals surface area contributed by atoms with Gasteiger partial charge in [0.1, 0.15) is 31.0 Å². The van der Waals surface area contributed by atoms with Crippen LogP contribution in [0.3, 0.4) is 0 Å².